The lowest BCUT2D eigenvalue weighted by Crippen LogP contribution is -2.28. The highest BCUT2D eigenvalue weighted by molar-refractivity contribution is 5.37. The zero-order valence-electron chi connectivity index (χ0n) is 11.6. The molecule has 0 fully saturated rings. The Morgan fingerprint density at radius 3 is 2.95 bits per heavy atom. The quantitative estimate of drug-likeness (QED) is 0.910. The second-order valence-electron chi connectivity index (χ2n) is 5.28. The second kappa shape index (κ2) is 5.17. The molecule has 0 bridgehead atoms. The van der Waals surface area contributed by atoms with Crippen LogP contribution < -0.4 is 5.32 Å². The van der Waals surface area contributed by atoms with Crippen LogP contribution in [-0.4, -0.2) is 16.1 Å². The van der Waals surface area contributed by atoms with Crippen molar-refractivity contribution in [1.82, 2.24) is 14.9 Å². The molecule has 2 atom stereocenters. The Bertz CT molecular complexity index is 559. The first kappa shape index (κ1) is 12.4. The van der Waals surface area contributed by atoms with E-state index in [0.717, 1.165) is 25.2 Å². The summed E-state index contributed by atoms with van der Waals surface area (Å²) in [6, 6.07) is 9.65. The average molecular weight is 255 g/mol. The Kier molecular flexibility index (Phi) is 3.38. The first-order valence-corrected chi connectivity index (χ1v) is 7.12. The van der Waals surface area contributed by atoms with Crippen LogP contribution in [0.3, 0.4) is 0 Å². The molecule has 2 aromatic rings. The van der Waals surface area contributed by atoms with Crippen LogP contribution in [0, 0.1) is 6.92 Å². The van der Waals surface area contributed by atoms with Gasteiger partial charge in [-0.3, -0.25) is 0 Å². The zero-order chi connectivity index (χ0) is 13.2. The summed E-state index contributed by atoms with van der Waals surface area (Å²) in [4.78, 5) is 4.37. The minimum atomic E-state index is 0.407. The largest absolute Gasteiger partial charge is 0.330 e. The van der Waals surface area contributed by atoms with Gasteiger partial charge in [0.1, 0.15) is 5.82 Å². The van der Waals surface area contributed by atoms with Gasteiger partial charge >= 0.3 is 0 Å². The molecule has 0 amide bonds. The lowest BCUT2D eigenvalue weighted by Gasteiger charge is -2.24. The Hall–Kier alpha value is -1.61. The van der Waals surface area contributed by atoms with E-state index in [9.17, 15) is 0 Å². The molecule has 1 aliphatic rings. The third kappa shape index (κ3) is 2.19. The highest BCUT2D eigenvalue weighted by Gasteiger charge is 2.33. The average Bonchev–Trinajstić information content (AvgIpc) is 2.99. The van der Waals surface area contributed by atoms with Crippen molar-refractivity contribution in [2.75, 3.05) is 6.54 Å². The molecule has 3 heteroatoms. The number of benzene rings is 1. The predicted octanol–water partition coefficient (Wildman–Crippen LogP) is 3.03. The Balaban J connectivity index is 1.95. The molecule has 0 radical (unpaired) electrons. The summed E-state index contributed by atoms with van der Waals surface area (Å²) < 4.78 is 2.31. The van der Waals surface area contributed by atoms with Crippen LogP contribution in [-0.2, 0) is 6.42 Å². The summed E-state index contributed by atoms with van der Waals surface area (Å²) in [6.45, 7) is 5.36. The molecule has 1 heterocycles. The number of aryl methyl sites for hydroxylation is 1. The Morgan fingerprint density at radius 2 is 2.21 bits per heavy atom. The molecule has 0 spiro atoms. The van der Waals surface area contributed by atoms with Gasteiger partial charge in [0.05, 0.1) is 12.1 Å². The van der Waals surface area contributed by atoms with Crippen LogP contribution in [0.15, 0.2) is 36.7 Å². The van der Waals surface area contributed by atoms with E-state index in [1.165, 1.54) is 11.1 Å². The van der Waals surface area contributed by atoms with Gasteiger partial charge in [-0.15, -0.1) is 0 Å². The van der Waals surface area contributed by atoms with Crippen molar-refractivity contribution in [3.8, 4) is 0 Å². The van der Waals surface area contributed by atoms with E-state index >= 15 is 0 Å². The van der Waals surface area contributed by atoms with Crippen molar-refractivity contribution in [2.24, 2.45) is 0 Å². The number of nitrogens with one attached hydrogen (secondary N) is 1. The number of hydrogen-bond acceptors (Lipinski definition) is 2. The maximum absolute atomic E-state index is 4.37. The van der Waals surface area contributed by atoms with Crippen molar-refractivity contribution < 1.29 is 0 Å². The van der Waals surface area contributed by atoms with Gasteiger partial charge in [0.2, 0.25) is 0 Å². The van der Waals surface area contributed by atoms with Crippen LogP contribution in [0.2, 0.25) is 0 Å². The normalized spacial score (nSPS) is 21.6. The van der Waals surface area contributed by atoms with E-state index in [-0.39, 0.29) is 0 Å². The maximum atomic E-state index is 4.37. The van der Waals surface area contributed by atoms with Crippen molar-refractivity contribution in [1.29, 1.82) is 0 Å². The molecule has 0 aliphatic heterocycles. The molecule has 1 aromatic carbocycles. The van der Waals surface area contributed by atoms with Crippen molar-refractivity contribution >= 4 is 0 Å². The molecule has 100 valence electrons. The molecule has 3 rings (SSSR count). The summed E-state index contributed by atoms with van der Waals surface area (Å²) in [5, 5.41) is 3.70. The molecule has 3 nitrogen and oxygen atoms in total. The zero-order valence-corrected chi connectivity index (χ0v) is 11.6. The lowest BCUT2D eigenvalue weighted by atomic mass is 10.1. The standard InChI is InChI=1S/C16H21N3/c1-3-8-18-16-14-7-5-4-6-13(14)11-15(16)19-10-9-17-12(19)2/h4-7,9-10,15-16,18H,3,8,11H2,1-2H3. The number of nitrogens with zero attached hydrogens (tertiary/aromatic N) is 2. The Morgan fingerprint density at radius 1 is 1.37 bits per heavy atom. The fourth-order valence-electron chi connectivity index (χ4n) is 3.12. The van der Waals surface area contributed by atoms with E-state index in [4.69, 9.17) is 0 Å². The molecular formula is C16H21N3. The summed E-state index contributed by atoms with van der Waals surface area (Å²) in [6.07, 6.45) is 6.25. The monoisotopic (exact) mass is 255 g/mol. The molecule has 1 aromatic heterocycles. The molecule has 0 saturated heterocycles. The molecular weight excluding hydrogens is 234 g/mol. The van der Waals surface area contributed by atoms with Gasteiger partial charge in [0.15, 0.2) is 0 Å². The van der Waals surface area contributed by atoms with Crippen LogP contribution in [0.25, 0.3) is 0 Å². The van der Waals surface area contributed by atoms with E-state index in [1.807, 2.05) is 6.20 Å². The SMILES string of the molecule is CCCNC1c2ccccc2CC1n1ccnc1C. The number of imidazole rings is 1. The van der Waals surface area contributed by atoms with Gasteiger partial charge in [0.25, 0.3) is 0 Å². The predicted molar refractivity (Wildman–Crippen MR) is 77.2 cm³/mol. The highest BCUT2D eigenvalue weighted by atomic mass is 15.1. The van der Waals surface area contributed by atoms with Gasteiger partial charge in [-0.1, -0.05) is 31.2 Å². The Labute approximate surface area is 114 Å². The first-order chi connectivity index (χ1) is 9.31. The molecule has 1 aliphatic carbocycles. The van der Waals surface area contributed by atoms with Crippen molar-refractivity contribution in [3.05, 3.63) is 53.6 Å². The smallest absolute Gasteiger partial charge is 0.105 e. The molecule has 1 N–H and O–H groups in total. The van der Waals surface area contributed by atoms with Gasteiger partial charge in [0, 0.05) is 12.4 Å². The number of fused-ring (bicyclic) bond motifs is 1. The third-order valence-corrected chi connectivity index (χ3v) is 4.04. The topological polar surface area (TPSA) is 29.9 Å². The lowest BCUT2D eigenvalue weighted by molar-refractivity contribution is 0.376. The van der Waals surface area contributed by atoms with Gasteiger partial charge in [-0.2, -0.15) is 0 Å². The summed E-state index contributed by atoms with van der Waals surface area (Å²) in [5.41, 5.74) is 2.92. The van der Waals surface area contributed by atoms with Crippen molar-refractivity contribution in [2.45, 2.75) is 38.8 Å². The molecule has 2 unspecified atom stereocenters. The highest BCUT2D eigenvalue weighted by Crippen LogP contribution is 2.39. The second-order valence-corrected chi connectivity index (χ2v) is 5.28. The number of rotatable bonds is 4. The van der Waals surface area contributed by atoms with Crippen LogP contribution in [0.4, 0.5) is 0 Å². The van der Waals surface area contributed by atoms with E-state index in [1.54, 1.807) is 0 Å². The molecule has 0 saturated carbocycles. The van der Waals surface area contributed by atoms with Crippen LogP contribution in [0.1, 0.15) is 42.4 Å². The first-order valence-electron chi connectivity index (χ1n) is 7.12. The van der Waals surface area contributed by atoms with E-state index < -0.39 is 0 Å². The fraction of sp³-hybridized carbons (Fsp3) is 0.438. The molecule has 19 heavy (non-hydrogen) atoms. The van der Waals surface area contributed by atoms with E-state index in [2.05, 4.69) is 59.2 Å². The summed E-state index contributed by atoms with van der Waals surface area (Å²) in [5.74, 6) is 1.10. The fourth-order valence-corrected chi connectivity index (χ4v) is 3.12. The van der Waals surface area contributed by atoms with Crippen molar-refractivity contribution in [3.63, 3.8) is 0 Å². The summed E-state index contributed by atoms with van der Waals surface area (Å²) >= 11 is 0. The number of hydrogen-bond donors (Lipinski definition) is 1. The minimum Gasteiger partial charge on any atom is -0.330 e. The summed E-state index contributed by atoms with van der Waals surface area (Å²) in [7, 11) is 0. The van der Waals surface area contributed by atoms with Gasteiger partial charge in [-0.25, -0.2) is 4.98 Å². The van der Waals surface area contributed by atoms with E-state index in [0.29, 0.717) is 12.1 Å². The number of aromatic nitrogens is 2. The van der Waals surface area contributed by atoms with Gasteiger partial charge < -0.3 is 9.88 Å². The van der Waals surface area contributed by atoms with Crippen LogP contribution in [0.5, 0.6) is 0 Å². The minimum absolute atomic E-state index is 0.407. The maximum Gasteiger partial charge on any atom is 0.105 e. The van der Waals surface area contributed by atoms with Crippen LogP contribution >= 0.6 is 0 Å². The third-order valence-electron chi connectivity index (χ3n) is 4.04. The van der Waals surface area contributed by atoms with Gasteiger partial charge in [-0.05, 0) is 37.4 Å².